The van der Waals surface area contributed by atoms with Crippen LogP contribution in [0.3, 0.4) is 0 Å². The average Bonchev–Trinajstić information content (AvgIpc) is 2.21. The third kappa shape index (κ3) is 4.12. The maximum absolute atomic E-state index is 10.6. The first-order valence-electron chi connectivity index (χ1n) is 4.79. The molecule has 0 aliphatic carbocycles. The van der Waals surface area contributed by atoms with Crippen LogP contribution in [0.4, 0.5) is 0 Å². The molecule has 88 valence electrons. The molecule has 0 aliphatic rings. The van der Waals surface area contributed by atoms with Crippen LogP contribution in [0.1, 0.15) is 5.56 Å². The van der Waals surface area contributed by atoms with Crippen molar-refractivity contribution in [3.05, 3.63) is 34.3 Å². The number of nitrogens with zero attached hydrogens (tertiary/aromatic N) is 1. The third-order valence-corrected chi connectivity index (χ3v) is 3.24. The van der Waals surface area contributed by atoms with E-state index in [4.69, 9.17) is 16.7 Å². The molecule has 0 saturated carbocycles. The quantitative estimate of drug-likeness (QED) is 0.850. The first-order chi connectivity index (χ1) is 7.50. The summed E-state index contributed by atoms with van der Waals surface area (Å²) >= 11 is 9.11. The van der Waals surface area contributed by atoms with Crippen LogP contribution in [0, 0.1) is 0 Å². The Morgan fingerprint density at radius 2 is 2.19 bits per heavy atom. The minimum absolute atomic E-state index is 0.318. The fraction of sp³-hybridized carbons (Fsp3) is 0.364. The molecule has 1 rings (SSSR count). The van der Waals surface area contributed by atoms with Gasteiger partial charge in [0.15, 0.2) is 0 Å². The molecule has 5 heteroatoms. The molecule has 0 heterocycles. The summed E-state index contributed by atoms with van der Waals surface area (Å²) in [5.41, 5.74) is 1.11. The molecule has 1 atom stereocenters. The molecule has 0 radical (unpaired) electrons. The van der Waals surface area contributed by atoms with Crippen molar-refractivity contribution in [1.29, 1.82) is 0 Å². The highest BCUT2D eigenvalue weighted by molar-refractivity contribution is 9.10. The summed E-state index contributed by atoms with van der Waals surface area (Å²) in [4.78, 5) is 12.5. The Morgan fingerprint density at radius 1 is 1.56 bits per heavy atom. The lowest BCUT2D eigenvalue weighted by atomic mass is 10.2. The summed E-state index contributed by atoms with van der Waals surface area (Å²) in [6.07, 6.45) is 0. The molecule has 0 spiro atoms. The second-order valence-corrected chi connectivity index (χ2v) is 4.98. The number of hydrogen-bond donors (Lipinski definition) is 1. The molecule has 1 aromatic rings. The number of alkyl halides is 1. The molecule has 1 aromatic carbocycles. The Labute approximate surface area is 108 Å². The van der Waals surface area contributed by atoms with Crippen molar-refractivity contribution in [3.63, 3.8) is 0 Å². The van der Waals surface area contributed by atoms with Crippen LogP contribution in [-0.2, 0) is 11.3 Å². The zero-order chi connectivity index (χ0) is 12.1. The summed E-state index contributed by atoms with van der Waals surface area (Å²) in [6.45, 7) is 0.982. The molecule has 1 N–H and O–H groups in total. The number of carboxylic acids is 1. The summed E-state index contributed by atoms with van der Waals surface area (Å²) in [5, 5.41) is 7.82. The van der Waals surface area contributed by atoms with E-state index in [2.05, 4.69) is 15.9 Å². The van der Waals surface area contributed by atoms with E-state index in [1.54, 1.807) is 0 Å². The zero-order valence-electron chi connectivity index (χ0n) is 8.86. The van der Waals surface area contributed by atoms with Gasteiger partial charge in [-0.3, -0.25) is 4.79 Å². The topological polar surface area (TPSA) is 40.5 Å². The first kappa shape index (κ1) is 13.5. The van der Waals surface area contributed by atoms with Gasteiger partial charge in [-0.2, -0.15) is 0 Å². The van der Waals surface area contributed by atoms with Gasteiger partial charge in [0.2, 0.25) is 0 Å². The van der Waals surface area contributed by atoms with Crippen LogP contribution in [0.5, 0.6) is 0 Å². The smallest absolute Gasteiger partial charge is 0.322 e. The molecule has 0 aliphatic heterocycles. The molecular weight excluding hydrogens is 293 g/mol. The molecular formula is C11H13BrClNO2. The molecule has 16 heavy (non-hydrogen) atoms. The number of halogens is 2. The largest absolute Gasteiger partial charge is 0.480 e. The summed E-state index contributed by atoms with van der Waals surface area (Å²) < 4.78 is 1.02. The monoisotopic (exact) mass is 305 g/mol. The van der Waals surface area contributed by atoms with Crippen molar-refractivity contribution in [2.45, 2.75) is 11.9 Å². The van der Waals surface area contributed by atoms with Gasteiger partial charge < -0.3 is 10.0 Å². The van der Waals surface area contributed by atoms with Crippen molar-refractivity contribution in [2.24, 2.45) is 0 Å². The van der Waals surface area contributed by atoms with E-state index in [9.17, 15) is 4.79 Å². The Hall–Kier alpha value is -0.580. The highest BCUT2D eigenvalue weighted by Gasteiger charge is 2.16. The maximum Gasteiger partial charge on any atom is 0.322 e. The van der Waals surface area contributed by atoms with E-state index in [-0.39, 0.29) is 0 Å². The zero-order valence-corrected chi connectivity index (χ0v) is 11.2. The number of hydrogen-bond acceptors (Lipinski definition) is 2. The van der Waals surface area contributed by atoms with Crippen molar-refractivity contribution >= 4 is 33.5 Å². The van der Waals surface area contributed by atoms with Crippen molar-refractivity contribution < 1.29 is 9.90 Å². The maximum atomic E-state index is 10.6. The van der Waals surface area contributed by atoms with Crippen molar-refractivity contribution in [3.8, 4) is 0 Å². The molecule has 0 aromatic heterocycles. The summed E-state index contributed by atoms with van der Waals surface area (Å²) in [5.74, 6) is -0.986. The van der Waals surface area contributed by atoms with E-state index in [0.717, 1.165) is 10.0 Å². The number of carbonyl (C=O) groups is 1. The normalized spacial score (nSPS) is 12.8. The van der Waals surface area contributed by atoms with Crippen LogP contribution in [0.25, 0.3) is 0 Å². The van der Waals surface area contributed by atoms with E-state index in [0.29, 0.717) is 13.1 Å². The van der Waals surface area contributed by atoms with Crippen LogP contribution < -0.4 is 0 Å². The van der Waals surface area contributed by atoms with Crippen LogP contribution in [-0.4, -0.2) is 34.9 Å². The van der Waals surface area contributed by atoms with Gasteiger partial charge in [-0.15, -0.1) is 11.6 Å². The average molecular weight is 307 g/mol. The fourth-order valence-electron chi connectivity index (χ4n) is 1.33. The predicted octanol–water partition coefficient (Wildman–Crippen LogP) is 2.57. The molecule has 0 saturated heterocycles. The Balaban J connectivity index is 2.55. The lowest BCUT2D eigenvalue weighted by Gasteiger charge is -2.18. The minimum atomic E-state index is -0.986. The van der Waals surface area contributed by atoms with Crippen molar-refractivity contribution in [2.75, 3.05) is 13.6 Å². The molecule has 3 nitrogen and oxygen atoms in total. The number of benzene rings is 1. The van der Waals surface area contributed by atoms with Gasteiger partial charge in [0.25, 0.3) is 0 Å². The van der Waals surface area contributed by atoms with Crippen LogP contribution in [0.15, 0.2) is 28.7 Å². The molecule has 0 amide bonds. The third-order valence-electron chi connectivity index (χ3n) is 2.14. The van der Waals surface area contributed by atoms with Crippen molar-refractivity contribution in [1.82, 2.24) is 4.90 Å². The lowest BCUT2D eigenvalue weighted by Crippen LogP contribution is -2.30. The van der Waals surface area contributed by atoms with Gasteiger partial charge in [-0.25, -0.2) is 0 Å². The summed E-state index contributed by atoms with van der Waals surface area (Å²) in [7, 11) is 1.84. The van der Waals surface area contributed by atoms with Crippen LogP contribution >= 0.6 is 27.5 Å². The van der Waals surface area contributed by atoms with Gasteiger partial charge in [-0.05, 0) is 18.7 Å². The lowest BCUT2D eigenvalue weighted by molar-refractivity contribution is -0.136. The van der Waals surface area contributed by atoms with Gasteiger partial charge in [-0.1, -0.05) is 34.1 Å². The van der Waals surface area contributed by atoms with E-state index in [1.165, 1.54) is 0 Å². The van der Waals surface area contributed by atoms with Gasteiger partial charge >= 0.3 is 5.97 Å². The van der Waals surface area contributed by atoms with E-state index < -0.39 is 11.3 Å². The van der Waals surface area contributed by atoms with E-state index in [1.807, 2.05) is 36.2 Å². The molecule has 0 fully saturated rings. The predicted molar refractivity (Wildman–Crippen MR) is 67.8 cm³/mol. The van der Waals surface area contributed by atoms with E-state index >= 15 is 0 Å². The Morgan fingerprint density at radius 3 is 2.75 bits per heavy atom. The van der Waals surface area contributed by atoms with Crippen LogP contribution in [0.2, 0.25) is 0 Å². The van der Waals surface area contributed by atoms with Gasteiger partial charge in [0, 0.05) is 17.6 Å². The summed E-state index contributed by atoms with van der Waals surface area (Å²) in [6, 6.07) is 7.83. The highest BCUT2D eigenvalue weighted by Crippen LogP contribution is 2.17. The fourth-order valence-corrected chi connectivity index (χ4v) is 1.98. The second-order valence-electron chi connectivity index (χ2n) is 3.59. The minimum Gasteiger partial charge on any atom is -0.480 e. The Bertz CT molecular complexity index is 373. The number of rotatable bonds is 5. The molecule has 1 unspecified atom stereocenters. The number of carboxylic acid groups (broad SMARTS) is 1. The SMILES string of the molecule is CN(Cc1ccccc1Br)CC(Cl)C(=O)O. The molecule has 0 bridgehead atoms. The first-order valence-corrected chi connectivity index (χ1v) is 6.02. The highest BCUT2D eigenvalue weighted by atomic mass is 79.9. The standard InChI is InChI=1S/C11H13BrClNO2/c1-14(7-10(13)11(15)16)6-8-4-2-3-5-9(8)12/h2-5,10H,6-7H2,1H3,(H,15,16). The number of aliphatic carboxylic acids is 1. The Kier molecular flexibility index (Phi) is 5.25. The second kappa shape index (κ2) is 6.23. The van der Waals surface area contributed by atoms with Gasteiger partial charge in [0.1, 0.15) is 5.38 Å². The van der Waals surface area contributed by atoms with Gasteiger partial charge in [0.05, 0.1) is 0 Å².